The first kappa shape index (κ1) is 25.2. The van der Waals surface area contributed by atoms with E-state index in [4.69, 9.17) is 14.2 Å². The van der Waals surface area contributed by atoms with Crippen LogP contribution < -0.4 is 23.8 Å². The molecule has 0 aliphatic carbocycles. The zero-order chi connectivity index (χ0) is 24.9. The number of methoxy groups -OCH3 is 1. The molecule has 1 aliphatic heterocycles. The Morgan fingerprint density at radius 1 is 1.12 bits per heavy atom. The van der Waals surface area contributed by atoms with Crippen LogP contribution >= 0.6 is 0 Å². The van der Waals surface area contributed by atoms with Crippen molar-refractivity contribution in [3.63, 3.8) is 0 Å². The maximum absolute atomic E-state index is 13.4. The number of hydrogen-bond acceptors (Lipinski definition) is 7. The molecule has 0 radical (unpaired) electrons. The number of nitrogens with one attached hydrogen (secondary N) is 1. The van der Waals surface area contributed by atoms with Gasteiger partial charge < -0.3 is 24.4 Å². The first-order chi connectivity index (χ1) is 16.1. The van der Waals surface area contributed by atoms with Crippen LogP contribution in [0.15, 0.2) is 42.5 Å². The van der Waals surface area contributed by atoms with Crippen molar-refractivity contribution in [3.05, 3.63) is 48.0 Å². The van der Waals surface area contributed by atoms with Crippen LogP contribution in [0.4, 0.5) is 5.69 Å². The van der Waals surface area contributed by atoms with E-state index in [1.165, 1.54) is 25.1 Å². The molecule has 3 rings (SSSR count). The van der Waals surface area contributed by atoms with Crippen molar-refractivity contribution in [1.29, 1.82) is 0 Å². The molecule has 0 fully saturated rings. The average molecular weight is 492 g/mol. The quantitative estimate of drug-likeness (QED) is 0.564. The number of rotatable bonds is 9. The lowest BCUT2D eigenvalue weighted by Gasteiger charge is -2.31. The van der Waals surface area contributed by atoms with Crippen molar-refractivity contribution in [2.24, 2.45) is 0 Å². The van der Waals surface area contributed by atoms with Gasteiger partial charge in [-0.15, -0.1) is 0 Å². The molecule has 11 heteroatoms. The van der Waals surface area contributed by atoms with Gasteiger partial charge in [-0.1, -0.05) is 12.1 Å². The van der Waals surface area contributed by atoms with Gasteiger partial charge in [-0.2, -0.15) is 0 Å². The molecule has 0 bridgehead atoms. The van der Waals surface area contributed by atoms with Gasteiger partial charge in [0.15, 0.2) is 11.5 Å². The predicted molar refractivity (Wildman–Crippen MR) is 127 cm³/mol. The molecule has 1 heterocycles. The number of carbonyl (C=O) groups is 2. The van der Waals surface area contributed by atoms with Crippen molar-refractivity contribution >= 4 is 27.5 Å². The Bertz CT molecular complexity index is 1150. The summed E-state index contributed by atoms with van der Waals surface area (Å²) < 4.78 is 42.6. The number of carbonyl (C=O) groups excluding carboxylic acids is 2. The molecule has 1 N–H and O–H groups in total. The summed E-state index contributed by atoms with van der Waals surface area (Å²) in [7, 11) is -0.828. The second kappa shape index (κ2) is 10.6. The molecule has 2 aromatic carbocycles. The summed E-state index contributed by atoms with van der Waals surface area (Å²) in [6.45, 7) is 1.92. The van der Waals surface area contributed by atoms with E-state index in [1.807, 2.05) is 0 Å². The van der Waals surface area contributed by atoms with E-state index in [0.29, 0.717) is 30.5 Å². The Morgan fingerprint density at radius 2 is 1.82 bits per heavy atom. The molecule has 10 nitrogen and oxygen atoms in total. The normalized spacial score (nSPS) is 13.5. The first-order valence-electron chi connectivity index (χ1n) is 10.7. The highest BCUT2D eigenvalue weighted by atomic mass is 32.2. The standard InChI is InChI=1S/C23H29N3O7S/c1-16(23(28)24-2)25(14-17-6-5-7-19(12-17)31-3)22(27)15-26(34(4,29)30)18-8-9-20-21(13-18)33-11-10-32-20/h5-9,12-13,16H,10-11,14-15H2,1-4H3,(H,24,28)/t16-/m1/s1. The zero-order valence-electron chi connectivity index (χ0n) is 19.6. The minimum atomic E-state index is -3.84. The largest absolute Gasteiger partial charge is 0.497 e. The van der Waals surface area contributed by atoms with Crippen molar-refractivity contribution in [3.8, 4) is 17.2 Å². The van der Waals surface area contributed by atoms with Gasteiger partial charge in [0.25, 0.3) is 0 Å². The smallest absolute Gasteiger partial charge is 0.244 e. The Kier molecular flexibility index (Phi) is 7.87. The molecule has 2 aromatic rings. The summed E-state index contributed by atoms with van der Waals surface area (Å²) >= 11 is 0. The summed E-state index contributed by atoms with van der Waals surface area (Å²) in [5, 5.41) is 2.54. The van der Waals surface area contributed by atoms with Gasteiger partial charge in [0.2, 0.25) is 21.8 Å². The first-order valence-corrected chi connectivity index (χ1v) is 12.5. The number of fused-ring (bicyclic) bond motifs is 1. The number of likely N-dealkylation sites (N-methyl/N-ethyl adjacent to an activating group) is 1. The van der Waals surface area contributed by atoms with Crippen LogP contribution in [0.1, 0.15) is 12.5 Å². The van der Waals surface area contributed by atoms with Crippen LogP contribution in [-0.2, 0) is 26.2 Å². The van der Waals surface area contributed by atoms with Gasteiger partial charge in [0.1, 0.15) is 31.5 Å². The number of hydrogen-bond donors (Lipinski definition) is 1. The lowest BCUT2D eigenvalue weighted by Crippen LogP contribution is -2.50. The fourth-order valence-corrected chi connectivity index (χ4v) is 4.40. The molecule has 0 spiro atoms. The number of benzene rings is 2. The maximum atomic E-state index is 13.4. The van der Waals surface area contributed by atoms with Crippen LogP contribution in [0.25, 0.3) is 0 Å². The zero-order valence-corrected chi connectivity index (χ0v) is 20.4. The molecule has 1 atom stereocenters. The number of ether oxygens (including phenoxy) is 3. The molecule has 0 aromatic heterocycles. The molecular weight excluding hydrogens is 462 g/mol. The van der Waals surface area contributed by atoms with E-state index in [9.17, 15) is 18.0 Å². The summed E-state index contributed by atoms with van der Waals surface area (Å²) in [5.41, 5.74) is 0.989. The van der Waals surface area contributed by atoms with Crippen molar-refractivity contribution in [2.75, 3.05) is 44.5 Å². The topological polar surface area (TPSA) is 114 Å². The van der Waals surface area contributed by atoms with E-state index in [-0.39, 0.29) is 18.1 Å². The summed E-state index contributed by atoms with van der Waals surface area (Å²) in [6, 6.07) is 10.9. The summed E-state index contributed by atoms with van der Waals surface area (Å²) in [6.07, 6.45) is 1.02. The fraction of sp³-hybridized carbons (Fsp3) is 0.391. The van der Waals surface area contributed by atoms with Gasteiger partial charge >= 0.3 is 0 Å². The monoisotopic (exact) mass is 491 g/mol. The molecule has 34 heavy (non-hydrogen) atoms. The van der Waals surface area contributed by atoms with Crippen LogP contribution in [-0.4, -0.2) is 71.3 Å². The number of sulfonamides is 1. The van der Waals surface area contributed by atoms with Crippen LogP contribution in [0.3, 0.4) is 0 Å². The lowest BCUT2D eigenvalue weighted by atomic mass is 10.1. The van der Waals surface area contributed by atoms with E-state index in [0.717, 1.165) is 16.1 Å². The van der Waals surface area contributed by atoms with E-state index in [2.05, 4.69) is 5.32 Å². The predicted octanol–water partition coefficient (Wildman–Crippen LogP) is 1.40. The minimum Gasteiger partial charge on any atom is -0.497 e. The number of nitrogens with zero attached hydrogens (tertiary/aromatic N) is 2. The second-order valence-electron chi connectivity index (χ2n) is 7.76. The SMILES string of the molecule is CNC(=O)[C@@H](C)N(Cc1cccc(OC)c1)C(=O)CN(c1ccc2c(c1)OCCO2)S(C)(=O)=O. The third-order valence-corrected chi connectivity index (χ3v) is 6.53. The van der Waals surface area contributed by atoms with E-state index >= 15 is 0 Å². The fourth-order valence-electron chi connectivity index (χ4n) is 3.56. The van der Waals surface area contributed by atoms with Crippen LogP contribution in [0.5, 0.6) is 17.2 Å². The highest BCUT2D eigenvalue weighted by Crippen LogP contribution is 2.34. The Labute approximate surface area is 199 Å². The number of anilines is 1. The number of amides is 2. The van der Waals surface area contributed by atoms with E-state index < -0.39 is 28.5 Å². The van der Waals surface area contributed by atoms with Crippen LogP contribution in [0.2, 0.25) is 0 Å². The van der Waals surface area contributed by atoms with Crippen molar-refractivity contribution in [2.45, 2.75) is 19.5 Å². The molecule has 0 saturated heterocycles. The lowest BCUT2D eigenvalue weighted by molar-refractivity contribution is -0.139. The minimum absolute atomic E-state index is 0.0867. The van der Waals surface area contributed by atoms with Gasteiger partial charge in [-0.25, -0.2) is 8.42 Å². The molecule has 2 amide bonds. The third kappa shape index (κ3) is 5.90. The van der Waals surface area contributed by atoms with E-state index in [1.54, 1.807) is 43.3 Å². The van der Waals surface area contributed by atoms with Gasteiger partial charge in [0.05, 0.1) is 19.1 Å². The van der Waals surface area contributed by atoms with Crippen molar-refractivity contribution in [1.82, 2.24) is 10.2 Å². The maximum Gasteiger partial charge on any atom is 0.244 e. The molecule has 0 unspecified atom stereocenters. The van der Waals surface area contributed by atoms with Crippen molar-refractivity contribution < 1.29 is 32.2 Å². The Morgan fingerprint density at radius 3 is 2.47 bits per heavy atom. The summed E-state index contributed by atoms with van der Waals surface area (Å²) in [4.78, 5) is 27.2. The Balaban J connectivity index is 1.92. The Hall–Kier alpha value is -3.47. The van der Waals surface area contributed by atoms with Gasteiger partial charge in [-0.05, 0) is 36.8 Å². The molecular formula is C23H29N3O7S. The summed E-state index contributed by atoms with van der Waals surface area (Å²) in [5.74, 6) is 0.590. The second-order valence-corrected chi connectivity index (χ2v) is 9.67. The van der Waals surface area contributed by atoms with Gasteiger partial charge in [-0.3, -0.25) is 13.9 Å². The molecule has 184 valence electrons. The average Bonchev–Trinajstić information content (AvgIpc) is 2.83. The van der Waals surface area contributed by atoms with Crippen LogP contribution in [0, 0.1) is 0 Å². The highest BCUT2D eigenvalue weighted by Gasteiger charge is 2.30. The molecule has 0 saturated carbocycles. The highest BCUT2D eigenvalue weighted by molar-refractivity contribution is 7.92. The third-order valence-electron chi connectivity index (χ3n) is 5.39. The molecule has 1 aliphatic rings. The van der Waals surface area contributed by atoms with Gasteiger partial charge in [0, 0.05) is 19.7 Å².